The summed E-state index contributed by atoms with van der Waals surface area (Å²) < 4.78 is 5.56. The van der Waals surface area contributed by atoms with Crippen molar-refractivity contribution >= 4 is 29.0 Å². The number of anilines is 2. The highest BCUT2D eigenvalue weighted by atomic mass is 16.5. The van der Waals surface area contributed by atoms with E-state index in [-0.39, 0.29) is 23.6 Å². The molecule has 4 aliphatic heterocycles. The van der Waals surface area contributed by atoms with Crippen LogP contribution in [0.3, 0.4) is 0 Å². The fraction of sp³-hybridized carbons (Fsp3) is 0.276. The minimum absolute atomic E-state index is 0.176. The van der Waals surface area contributed by atoms with E-state index in [9.17, 15) is 14.4 Å². The highest BCUT2D eigenvalue weighted by molar-refractivity contribution is 6.21. The number of nitrogens with one attached hydrogen (secondary N) is 2. The van der Waals surface area contributed by atoms with Crippen molar-refractivity contribution in [2.75, 3.05) is 24.3 Å². The minimum atomic E-state index is -1.44. The van der Waals surface area contributed by atoms with Gasteiger partial charge in [0, 0.05) is 23.0 Å². The minimum Gasteiger partial charge on any atom is -0.496 e. The average Bonchev–Trinajstić information content (AvgIpc) is 3.62. The Bertz CT molecular complexity index is 1470. The molecule has 4 unspecified atom stereocenters. The molecule has 2 spiro atoms. The number of ether oxygens (including phenoxy) is 1. The smallest absolute Gasteiger partial charge is 0.251 e. The van der Waals surface area contributed by atoms with Crippen molar-refractivity contribution < 1.29 is 19.1 Å². The van der Waals surface area contributed by atoms with E-state index < -0.39 is 16.9 Å². The first-order chi connectivity index (χ1) is 17.6. The molecule has 7 nitrogen and oxygen atoms in total. The van der Waals surface area contributed by atoms with Gasteiger partial charge in [-0.25, -0.2) is 0 Å². The lowest BCUT2D eigenvalue weighted by Gasteiger charge is -2.43. The Balaban J connectivity index is 1.59. The Morgan fingerprint density at radius 1 is 0.889 bits per heavy atom. The molecule has 36 heavy (non-hydrogen) atoms. The fourth-order valence-electron chi connectivity index (χ4n) is 7.55. The predicted octanol–water partition coefficient (Wildman–Crippen LogP) is 3.71. The summed E-state index contributed by atoms with van der Waals surface area (Å²) in [5.41, 5.74) is 0.437. The van der Waals surface area contributed by atoms with Crippen molar-refractivity contribution in [1.82, 2.24) is 4.90 Å². The number of hydrogen-bond donors (Lipinski definition) is 2. The maximum absolute atomic E-state index is 14.6. The van der Waals surface area contributed by atoms with Gasteiger partial charge in [0.25, 0.3) is 5.91 Å². The number of rotatable bonds is 3. The molecule has 0 saturated carbocycles. The number of ketones is 1. The standard InChI is InChI=1S/C29H25N3O4/c1-36-23-15-7-2-9-17(23)25(33)24-22-14-8-16-32(22)29(19-11-4-6-13-21(19)31-27(29)35)28(24)18-10-3-5-12-20(18)30-26(28)34/h2-7,9-13,15,22,24H,8,14,16H2,1H3,(H,30,34)(H,31,35). The summed E-state index contributed by atoms with van der Waals surface area (Å²) in [4.78, 5) is 45.4. The molecule has 0 aromatic heterocycles. The van der Waals surface area contributed by atoms with Crippen LogP contribution in [0.4, 0.5) is 11.4 Å². The average molecular weight is 480 g/mol. The Kier molecular flexibility index (Phi) is 4.31. The normalized spacial score (nSPS) is 29.7. The van der Waals surface area contributed by atoms with Gasteiger partial charge >= 0.3 is 0 Å². The van der Waals surface area contributed by atoms with Crippen molar-refractivity contribution in [1.29, 1.82) is 0 Å². The Morgan fingerprint density at radius 2 is 1.53 bits per heavy atom. The third-order valence-electron chi connectivity index (χ3n) is 8.66. The molecule has 2 amide bonds. The van der Waals surface area contributed by atoms with Gasteiger partial charge in [-0.2, -0.15) is 0 Å². The van der Waals surface area contributed by atoms with Crippen molar-refractivity contribution in [3.05, 3.63) is 89.5 Å². The Labute approximate surface area is 208 Å². The summed E-state index contributed by atoms with van der Waals surface area (Å²) in [6.07, 6.45) is 1.57. The van der Waals surface area contributed by atoms with Gasteiger partial charge in [-0.05, 0) is 49.2 Å². The molecule has 4 atom stereocenters. The second-order valence-electron chi connectivity index (χ2n) is 9.96. The van der Waals surface area contributed by atoms with Crippen LogP contribution in [0.5, 0.6) is 5.75 Å². The van der Waals surface area contributed by atoms with Gasteiger partial charge < -0.3 is 15.4 Å². The van der Waals surface area contributed by atoms with E-state index in [0.29, 0.717) is 34.8 Å². The molecule has 2 N–H and O–H groups in total. The van der Waals surface area contributed by atoms with E-state index >= 15 is 0 Å². The highest BCUT2D eigenvalue weighted by Gasteiger charge is 2.81. The van der Waals surface area contributed by atoms with Crippen LogP contribution in [0.1, 0.15) is 34.3 Å². The van der Waals surface area contributed by atoms with E-state index in [1.54, 1.807) is 18.2 Å². The Hall–Kier alpha value is -3.97. The molecule has 7 heteroatoms. The lowest BCUT2D eigenvalue weighted by Crippen LogP contribution is -2.62. The number of Topliss-reactive ketones (excluding diaryl/α,β-unsaturated/α-hetero) is 1. The lowest BCUT2D eigenvalue weighted by molar-refractivity contribution is -0.137. The van der Waals surface area contributed by atoms with Gasteiger partial charge in [0.05, 0.1) is 18.6 Å². The van der Waals surface area contributed by atoms with E-state index in [4.69, 9.17) is 4.74 Å². The first-order valence-electron chi connectivity index (χ1n) is 12.3. The molecular weight excluding hydrogens is 454 g/mol. The van der Waals surface area contributed by atoms with Crippen molar-refractivity contribution in [2.24, 2.45) is 5.92 Å². The molecule has 0 bridgehead atoms. The first-order valence-corrected chi connectivity index (χ1v) is 12.3. The van der Waals surface area contributed by atoms with Gasteiger partial charge in [-0.3, -0.25) is 19.3 Å². The number of fused-ring (bicyclic) bond motifs is 7. The molecule has 7 rings (SSSR count). The summed E-state index contributed by atoms with van der Waals surface area (Å²) in [6, 6.07) is 21.9. The largest absolute Gasteiger partial charge is 0.496 e. The van der Waals surface area contributed by atoms with E-state index in [0.717, 1.165) is 18.4 Å². The van der Waals surface area contributed by atoms with Gasteiger partial charge in [-0.1, -0.05) is 48.5 Å². The SMILES string of the molecule is COc1ccccc1C(=O)C1C2CCCN2C2(C(=O)Nc3ccccc32)C12C(=O)Nc1ccccc12. The maximum atomic E-state index is 14.6. The molecular formula is C29H25N3O4. The third-order valence-corrected chi connectivity index (χ3v) is 8.66. The maximum Gasteiger partial charge on any atom is 0.251 e. The van der Waals surface area contributed by atoms with Crippen LogP contribution >= 0.6 is 0 Å². The summed E-state index contributed by atoms with van der Waals surface area (Å²) in [7, 11) is 1.54. The number of hydrogen-bond acceptors (Lipinski definition) is 5. The van der Waals surface area contributed by atoms with Gasteiger partial charge in [0.1, 0.15) is 16.7 Å². The molecule has 2 saturated heterocycles. The van der Waals surface area contributed by atoms with Crippen LogP contribution in [0.25, 0.3) is 0 Å². The second-order valence-corrected chi connectivity index (χ2v) is 9.96. The molecule has 4 heterocycles. The number of carbonyl (C=O) groups excluding carboxylic acids is 3. The number of benzene rings is 3. The molecule has 4 aliphatic rings. The topological polar surface area (TPSA) is 87.7 Å². The number of para-hydroxylation sites is 3. The zero-order chi connectivity index (χ0) is 24.7. The van der Waals surface area contributed by atoms with Gasteiger partial charge in [0.15, 0.2) is 5.78 Å². The Morgan fingerprint density at radius 3 is 2.31 bits per heavy atom. The summed E-state index contributed by atoms with van der Waals surface area (Å²) in [6.45, 7) is 0.624. The number of methoxy groups -OCH3 is 1. The summed E-state index contributed by atoms with van der Waals surface area (Å²) in [5.74, 6) is -1.05. The van der Waals surface area contributed by atoms with Gasteiger partial charge in [-0.15, -0.1) is 0 Å². The lowest BCUT2D eigenvalue weighted by atomic mass is 9.57. The molecule has 0 radical (unpaired) electrons. The monoisotopic (exact) mass is 479 g/mol. The third kappa shape index (κ3) is 2.25. The molecule has 2 fully saturated rings. The van der Waals surface area contributed by atoms with Crippen molar-refractivity contribution in [3.63, 3.8) is 0 Å². The zero-order valence-corrected chi connectivity index (χ0v) is 19.8. The van der Waals surface area contributed by atoms with Crippen LogP contribution in [-0.2, 0) is 20.5 Å². The van der Waals surface area contributed by atoms with E-state index in [1.165, 1.54) is 7.11 Å². The van der Waals surface area contributed by atoms with Gasteiger partial charge in [0.2, 0.25) is 5.91 Å². The summed E-state index contributed by atoms with van der Waals surface area (Å²) >= 11 is 0. The first kappa shape index (κ1) is 21.3. The second kappa shape index (κ2) is 7.27. The molecule has 3 aromatic carbocycles. The zero-order valence-electron chi connectivity index (χ0n) is 19.8. The van der Waals surface area contributed by atoms with Crippen LogP contribution in [-0.4, -0.2) is 42.2 Å². The molecule has 0 aliphatic carbocycles. The van der Waals surface area contributed by atoms with Crippen molar-refractivity contribution in [3.8, 4) is 5.75 Å². The summed E-state index contributed by atoms with van der Waals surface area (Å²) in [5, 5.41) is 6.13. The number of nitrogens with zero attached hydrogens (tertiary/aromatic N) is 1. The predicted molar refractivity (Wildman–Crippen MR) is 134 cm³/mol. The van der Waals surface area contributed by atoms with Crippen LogP contribution in [0, 0.1) is 5.92 Å². The van der Waals surface area contributed by atoms with Crippen molar-refractivity contribution in [2.45, 2.75) is 29.8 Å². The number of carbonyl (C=O) groups is 3. The quantitative estimate of drug-likeness (QED) is 0.560. The van der Waals surface area contributed by atoms with Crippen LogP contribution in [0.15, 0.2) is 72.8 Å². The van der Waals surface area contributed by atoms with Crippen LogP contribution < -0.4 is 15.4 Å². The fourth-order valence-corrected chi connectivity index (χ4v) is 7.55. The van der Waals surface area contributed by atoms with E-state index in [2.05, 4.69) is 15.5 Å². The van der Waals surface area contributed by atoms with Crippen LogP contribution in [0.2, 0.25) is 0 Å². The molecule has 180 valence electrons. The van der Waals surface area contributed by atoms with E-state index in [1.807, 2.05) is 54.6 Å². The molecule has 3 aromatic rings. The highest BCUT2D eigenvalue weighted by Crippen LogP contribution is 2.67. The number of amides is 2.